The highest BCUT2D eigenvalue weighted by Gasteiger charge is 2.44. The molecule has 2 unspecified atom stereocenters. The van der Waals surface area contributed by atoms with Crippen molar-refractivity contribution < 1.29 is 14.3 Å². The molecule has 1 aliphatic carbocycles. The average Bonchev–Trinajstić information content (AvgIpc) is 3.41. The van der Waals surface area contributed by atoms with Crippen LogP contribution in [-0.4, -0.2) is 34.9 Å². The first-order valence-corrected chi connectivity index (χ1v) is 11.7. The van der Waals surface area contributed by atoms with E-state index in [0.717, 1.165) is 36.1 Å². The molecule has 0 radical (unpaired) electrons. The van der Waals surface area contributed by atoms with Gasteiger partial charge in [-0.3, -0.25) is 4.79 Å². The molecule has 1 saturated carbocycles. The van der Waals surface area contributed by atoms with Gasteiger partial charge in [0, 0.05) is 12.0 Å². The summed E-state index contributed by atoms with van der Waals surface area (Å²) in [6.45, 7) is 0. The number of carbonyl (C=O) groups excluding carboxylic acids is 2. The average molecular weight is 458 g/mol. The van der Waals surface area contributed by atoms with E-state index in [2.05, 4.69) is 40.1 Å². The Morgan fingerprint density at radius 1 is 1.12 bits per heavy atom. The molecule has 2 atom stereocenters. The van der Waals surface area contributed by atoms with Crippen LogP contribution in [0.2, 0.25) is 0 Å². The van der Waals surface area contributed by atoms with Gasteiger partial charge in [0.25, 0.3) is 5.91 Å². The predicted molar refractivity (Wildman–Crippen MR) is 130 cm³/mol. The molecule has 33 heavy (non-hydrogen) atoms. The van der Waals surface area contributed by atoms with Gasteiger partial charge >= 0.3 is 5.97 Å². The van der Waals surface area contributed by atoms with E-state index < -0.39 is 11.9 Å². The number of allylic oxidation sites excluding steroid dienone is 1. The first-order chi connectivity index (χ1) is 16.1. The standard InChI is InChI=1S/C26H23N3O3S/c1-32-22(30)16-21-25(31)27-26(33-21)29-24(18-11-6-3-7-12-18)20-14-8-13-19(23(20)28-29)15-17-9-4-2-5-10-17/h2-7,9-12,15-16,20,24H,8,13-14H2,1H3/b19-15-,21-16-. The van der Waals surface area contributed by atoms with Crippen molar-refractivity contribution in [2.75, 3.05) is 7.11 Å². The van der Waals surface area contributed by atoms with E-state index in [1.807, 2.05) is 41.4 Å². The van der Waals surface area contributed by atoms with E-state index in [1.54, 1.807) is 0 Å². The number of hydrogen-bond acceptors (Lipinski definition) is 6. The zero-order valence-electron chi connectivity index (χ0n) is 18.2. The second kappa shape index (κ2) is 9.19. The maximum absolute atomic E-state index is 12.5. The molecule has 1 amide bonds. The minimum atomic E-state index is -0.573. The van der Waals surface area contributed by atoms with E-state index in [-0.39, 0.29) is 16.9 Å². The number of methoxy groups -OCH3 is 1. The third kappa shape index (κ3) is 4.28. The fraction of sp³-hybridized carbons (Fsp3) is 0.231. The van der Waals surface area contributed by atoms with Crippen molar-refractivity contribution in [1.29, 1.82) is 0 Å². The van der Waals surface area contributed by atoms with E-state index in [0.29, 0.717) is 5.17 Å². The normalized spacial score (nSPS) is 24.6. The molecule has 0 aromatic heterocycles. The van der Waals surface area contributed by atoms with E-state index >= 15 is 0 Å². The summed E-state index contributed by atoms with van der Waals surface area (Å²) in [6.07, 6.45) is 6.46. The van der Waals surface area contributed by atoms with Gasteiger partial charge < -0.3 is 4.74 Å². The number of nitrogens with zero attached hydrogens (tertiary/aromatic N) is 3. The lowest BCUT2D eigenvalue weighted by Crippen LogP contribution is -2.30. The topological polar surface area (TPSA) is 71.3 Å². The predicted octanol–water partition coefficient (Wildman–Crippen LogP) is 4.97. The van der Waals surface area contributed by atoms with E-state index in [9.17, 15) is 9.59 Å². The zero-order valence-corrected chi connectivity index (χ0v) is 19.0. The molecule has 3 aliphatic rings. The highest BCUT2D eigenvalue weighted by molar-refractivity contribution is 8.18. The number of fused-ring (bicyclic) bond motifs is 1. The van der Waals surface area contributed by atoms with Crippen LogP contribution in [0.3, 0.4) is 0 Å². The number of benzene rings is 2. The molecule has 6 nitrogen and oxygen atoms in total. The Labute approximate surface area is 196 Å². The molecule has 7 heteroatoms. The smallest absolute Gasteiger partial charge is 0.331 e. The molecule has 2 heterocycles. The van der Waals surface area contributed by atoms with Gasteiger partial charge in [0.15, 0.2) is 5.17 Å². The molecule has 0 spiro atoms. The van der Waals surface area contributed by atoms with Gasteiger partial charge in [0.05, 0.1) is 23.8 Å². The van der Waals surface area contributed by atoms with Gasteiger partial charge in [-0.05, 0) is 53.8 Å². The molecule has 5 rings (SSSR count). The van der Waals surface area contributed by atoms with Crippen LogP contribution < -0.4 is 0 Å². The Morgan fingerprint density at radius 3 is 2.58 bits per heavy atom. The van der Waals surface area contributed by atoms with Crippen LogP contribution in [0.5, 0.6) is 0 Å². The molecular formula is C26H23N3O3S. The van der Waals surface area contributed by atoms with Crippen LogP contribution in [0.1, 0.15) is 36.4 Å². The van der Waals surface area contributed by atoms with Crippen LogP contribution >= 0.6 is 11.8 Å². The number of hydrogen-bond donors (Lipinski definition) is 0. The Balaban J connectivity index is 1.54. The molecule has 2 aromatic carbocycles. The van der Waals surface area contributed by atoms with E-state index in [1.165, 1.54) is 30.5 Å². The van der Waals surface area contributed by atoms with Gasteiger partial charge in [-0.1, -0.05) is 60.7 Å². The summed E-state index contributed by atoms with van der Waals surface area (Å²) in [4.78, 5) is 28.7. The lowest BCUT2D eigenvalue weighted by molar-refractivity contribution is -0.135. The Bertz CT molecular complexity index is 1200. The largest absolute Gasteiger partial charge is 0.466 e. The van der Waals surface area contributed by atoms with Crippen LogP contribution in [0.25, 0.3) is 6.08 Å². The fourth-order valence-electron chi connectivity index (χ4n) is 4.55. The van der Waals surface area contributed by atoms with Gasteiger partial charge in [-0.15, -0.1) is 0 Å². The minimum absolute atomic E-state index is 0.0581. The van der Waals surface area contributed by atoms with E-state index in [4.69, 9.17) is 5.10 Å². The second-order valence-corrected chi connectivity index (χ2v) is 9.11. The number of amides is 1. The Morgan fingerprint density at radius 2 is 1.85 bits per heavy atom. The number of esters is 1. The number of thioether (sulfide) groups is 1. The highest BCUT2D eigenvalue weighted by Crippen LogP contribution is 2.46. The Hall–Kier alpha value is -3.45. The molecular weight excluding hydrogens is 434 g/mol. The molecule has 0 N–H and O–H groups in total. The Kier molecular flexibility index (Phi) is 5.96. The summed E-state index contributed by atoms with van der Waals surface area (Å²) in [6, 6.07) is 20.4. The van der Waals surface area contributed by atoms with Gasteiger partial charge in [-0.2, -0.15) is 10.1 Å². The third-order valence-electron chi connectivity index (χ3n) is 6.04. The molecule has 0 bridgehead atoms. The monoisotopic (exact) mass is 457 g/mol. The number of aliphatic imine (C=N–C) groups is 1. The number of carbonyl (C=O) groups is 2. The van der Waals surface area contributed by atoms with Crippen LogP contribution in [-0.2, 0) is 14.3 Å². The molecule has 0 saturated heterocycles. The fourth-order valence-corrected chi connectivity index (χ4v) is 5.42. The maximum Gasteiger partial charge on any atom is 0.331 e. The number of amidine groups is 1. The molecule has 1 fully saturated rings. The number of hydrazone groups is 1. The minimum Gasteiger partial charge on any atom is -0.466 e. The van der Waals surface area contributed by atoms with Crippen molar-refractivity contribution >= 4 is 40.6 Å². The van der Waals surface area contributed by atoms with Crippen molar-refractivity contribution in [3.05, 3.63) is 88.3 Å². The number of ether oxygens (including phenoxy) is 1. The van der Waals surface area contributed by atoms with Crippen molar-refractivity contribution in [2.24, 2.45) is 16.0 Å². The first kappa shape index (κ1) is 21.4. The summed E-state index contributed by atoms with van der Waals surface area (Å²) in [7, 11) is 1.29. The third-order valence-corrected chi connectivity index (χ3v) is 7.01. The van der Waals surface area contributed by atoms with Crippen molar-refractivity contribution in [2.45, 2.75) is 25.3 Å². The van der Waals surface area contributed by atoms with Gasteiger partial charge in [-0.25, -0.2) is 9.80 Å². The summed E-state index contributed by atoms with van der Waals surface area (Å²) < 4.78 is 4.68. The van der Waals surface area contributed by atoms with Crippen molar-refractivity contribution in [3.63, 3.8) is 0 Å². The first-order valence-electron chi connectivity index (χ1n) is 10.9. The summed E-state index contributed by atoms with van der Waals surface area (Å²) >= 11 is 1.17. The van der Waals surface area contributed by atoms with Crippen molar-refractivity contribution in [1.82, 2.24) is 5.01 Å². The van der Waals surface area contributed by atoms with Crippen LogP contribution in [0.4, 0.5) is 0 Å². The number of rotatable bonds is 3. The summed E-state index contributed by atoms with van der Waals surface area (Å²) in [5.41, 5.74) is 4.56. The summed E-state index contributed by atoms with van der Waals surface area (Å²) in [5, 5.41) is 7.40. The van der Waals surface area contributed by atoms with Gasteiger partial charge in [0.1, 0.15) is 0 Å². The van der Waals surface area contributed by atoms with Crippen LogP contribution in [0, 0.1) is 5.92 Å². The van der Waals surface area contributed by atoms with Crippen LogP contribution in [0.15, 0.2) is 87.3 Å². The highest BCUT2D eigenvalue weighted by atomic mass is 32.2. The maximum atomic E-state index is 12.5. The second-order valence-electron chi connectivity index (χ2n) is 8.10. The summed E-state index contributed by atoms with van der Waals surface area (Å²) in [5.74, 6) is -0.818. The molecule has 166 valence electrons. The quantitative estimate of drug-likeness (QED) is 0.481. The SMILES string of the molecule is COC(=O)/C=C1\SC(N2N=C3/C(=C\c4ccccc4)CCCC3C2c2ccccc2)=NC1=O. The lowest BCUT2D eigenvalue weighted by Gasteiger charge is -2.30. The lowest BCUT2D eigenvalue weighted by atomic mass is 9.77. The van der Waals surface area contributed by atoms with Crippen molar-refractivity contribution in [3.8, 4) is 0 Å². The molecule has 2 aliphatic heterocycles. The van der Waals surface area contributed by atoms with Gasteiger partial charge in [0.2, 0.25) is 0 Å². The molecule has 2 aromatic rings. The zero-order chi connectivity index (χ0) is 22.8.